The van der Waals surface area contributed by atoms with E-state index in [1.54, 1.807) is 43.9 Å². The number of carbonyl (C=O) groups is 2. The van der Waals surface area contributed by atoms with Crippen LogP contribution < -0.4 is 15.4 Å². The minimum atomic E-state index is -0.257. The summed E-state index contributed by atoms with van der Waals surface area (Å²) in [5.74, 6) is 0.326. The Hall–Kier alpha value is -2.45. The van der Waals surface area contributed by atoms with Gasteiger partial charge in [-0.05, 0) is 30.7 Å². The Balaban J connectivity index is 1.83. The zero-order chi connectivity index (χ0) is 18.1. The van der Waals surface area contributed by atoms with Crippen LogP contribution in [0.25, 0.3) is 0 Å². The quantitative estimate of drug-likeness (QED) is 0.666. The van der Waals surface area contributed by atoms with Crippen LogP contribution in [-0.2, 0) is 16.0 Å². The maximum Gasteiger partial charge on any atom is 0.257 e. The number of nitrogens with zero attached hydrogens (tertiary/aromatic N) is 1. The van der Waals surface area contributed by atoms with E-state index in [4.69, 9.17) is 9.47 Å². The van der Waals surface area contributed by atoms with Gasteiger partial charge in [-0.3, -0.25) is 14.9 Å². The third-order valence-electron chi connectivity index (χ3n) is 3.31. The normalized spacial score (nSPS) is 10.3. The van der Waals surface area contributed by atoms with E-state index in [0.29, 0.717) is 35.3 Å². The molecule has 7 nitrogen and oxygen atoms in total. The highest BCUT2D eigenvalue weighted by atomic mass is 32.1. The summed E-state index contributed by atoms with van der Waals surface area (Å²) in [7, 11) is 3.19. The first-order valence-corrected chi connectivity index (χ1v) is 8.65. The summed E-state index contributed by atoms with van der Waals surface area (Å²) in [6, 6.07) is 6.79. The van der Waals surface area contributed by atoms with Gasteiger partial charge in [-0.15, -0.1) is 11.3 Å². The van der Waals surface area contributed by atoms with Crippen LogP contribution in [-0.4, -0.2) is 44.2 Å². The number of hydrogen-bond donors (Lipinski definition) is 2. The average molecular weight is 363 g/mol. The Bertz CT molecular complexity index is 700. The molecule has 0 saturated heterocycles. The second-order valence-corrected chi connectivity index (χ2v) is 6.06. The number of carbonyl (C=O) groups excluding carboxylic acids is 2. The van der Waals surface area contributed by atoms with Crippen LogP contribution in [0.15, 0.2) is 29.6 Å². The molecule has 2 N–H and O–H groups in total. The van der Waals surface area contributed by atoms with Crippen molar-refractivity contribution in [2.24, 2.45) is 0 Å². The number of amides is 2. The maximum atomic E-state index is 12.2. The maximum absolute atomic E-state index is 12.2. The topological polar surface area (TPSA) is 89.6 Å². The van der Waals surface area contributed by atoms with Gasteiger partial charge in [0.15, 0.2) is 5.13 Å². The van der Waals surface area contributed by atoms with Crippen LogP contribution in [0.2, 0.25) is 0 Å². The van der Waals surface area contributed by atoms with E-state index in [1.165, 1.54) is 11.3 Å². The van der Waals surface area contributed by atoms with Gasteiger partial charge in [0.25, 0.3) is 5.91 Å². The highest BCUT2D eigenvalue weighted by molar-refractivity contribution is 7.14. The molecule has 1 aromatic carbocycles. The Morgan fingerprint density at radius 1 is 1.20 bits per heavy atom. The number of nitrogens with one attached hydrogen (secondary N) is 2. The second-order valence-electron chi connectivity index (χ2n) is 5.20. The number of hydrogen-bond acceptors (Lipinski definition) is 6. The van der Waals surface area contributed by atoms with Crippen molar-refractivity contribution in [2.75, 3.05) is 32.7 Å². The number of methoxy groups -OCH3 is 2. The SMILES string of the molecule is COCCCNC(=O)Cc1csc(NC(=O)c2ccc(OC)cc2)n1. The van der Waals surface area contributed by atoms with Gasteiger partial charge in [-0.25, -0.2) is 4.98 Å². The van der Waals surface area contributed by atoms with Crippen LogP contribution in [0.5, 0.6) is 5.75 Å². The first kappa shape index (κ1) is 18.9. The predicted molar refractivity (Wildman–Crippen MR) is 96.3 cm³/mol. The van der Waals surface area contributed by atoms with Gasteiger partial charge in [0.05, 0.1) is 19.2 Å². The summed E-state index contributed by atoms with van der Waals surface area (Å²) < 4.78 is 9.98. The fraction of sp³-hybridized carbons (Fsp3) is 0.353. The van der Waals surface area contributed by atoms with Gasteiger partial charge >= 0.3 is 0 Å². The summed E-state index contributed by atoms with van der Waals surface area (Å²) in [5.41, 5.74) is 1.13. The number of ether oxygens (including phenoxy) is 2. The summed E-state index contributed by atoms with van der Waals surface area (Å²) >= 11 is 1.29. The monoisotopic (exact) mass is 363 g/mol. The number of benzene rings is 1. The van der Waals surface area contributed by atoms with Crippen LogP contribution >= 0.6 is 11.3 Å². The number of anilines is 1. The highest BCUT2D eigenvalue weighted by Crippen LogP contribution is 2.18. The van der Waals surface area contributed by atoms with Crippen molar-refractivity contribution in [1.82, 2.24) is 10.3 Å². The molecule has 0 bridgehead atoms. The lowest BCUT2D eigenvalue weighted by molar-refractivity contribution is -0.120. The van der Waals surface area contributed by atoms with Gasteiger partial charge in [0, 0.05) is 31.2 Å². The number of aromatic nitrogens is 1. The molecule has 1 heterocycles. The molecular formula is C17H21N3O4S. The van der Waals surface area contributed by atoms with Crippen LogP contribution in [0.3, 0.4) is 0 Å². The smallest absolute Gasteiger partial charge is 0.257 e. The number of rotatable bonds is 9. The van der Waals surface area contributed by atoms with E-state index >= 15 is 0 Å². The molecule has 0 unspecified atom stereocenters. The molecule has 0 atom stereocenters. The van der Waals surface area contributed by atoms with E-state index in [2.05, 4.69) is 15.6 Å². The molecule has 0 fully saturated rings. The Morgan fingerprint density at radius 3 is 2.64 bits per heavy atom. The third kappa shape index (κ3) is 6.17. The van der Waals surface area contributed by atoms with Crippen LogP contribution in [0.4, 0.5) is 5.13 Å². The lowest BCUT2D eigenvalue weighted by Gasteiger charge is -2.04. The molecule has 2 amide bonds. The summed E-state index contributed by atoms with van der Waals surface area (Å²) in [6.07, 6.45) is 0.949. The van der Waals surface area contributed by atoms with E-state index in [-0.39, 0.29) is 18.2 Å². The van der Waals surface area contributed by atoms with E-state index in [0.717, 1.165) is 6.42 Å². The summed E-state index contributed by atoms with van der Waals surface area (Å²) in [4.78, 5) is 28.2. The lowest BCUT2D eigenvalue weighted by Crippen LogP contribution is -2.26. The standard InChI is InChI=1S/C17H21N3O4S/c1-23-9-3-8-18-15(21)10-13-11-25-17(19-13)20-16(22)12-4-6-14(24-2)7-5-12/h4-7,11H,3,8-10H2,1-2H3,(H,18,21)(H,19,20,22). The van der Waals surface area contributed by atoms with Gasteiger partial charge < -0.3 is 14.8 Å². The van der Waals surface area contributed by atoms with Crippen molar-refractivity contribution in [3.63, 3.8) is 0 Å². The molecule has 1 aromatic heterocycles. The molecule has 25 heavy (non-hydrogen) atoms. The Morgan fingerprint density at radius 2 is 1.96 bits per heavy atom. The zero-order valence-electron chi connectivity index (χ0n) is 14.2. The second kappa shape index (κ2) is 9.75. The van der Waals surface area contributed by atoms with Crippen molar-refractivity contribution in [3.05, 3.63) is 40.9 Å². The molecule has 8 heteroatoms. The van der Waals surface area contributed by atoms with Gasteiger partial charge in [0.1, 0.15) is 5.75 Å². The summed E-state index contributed by atoms with van der Waals surface area (Å²) in [5, 5.41) is 7.75. The minimum absolute atomic E-state index is 0.102. The van der Waals surface area contributed by atoms with Gasteiger partial charge in [-0.1, -0.05) is 0 Å². The van der Waals surface area contributed by atoms with Gasteiger partial charge in [0.2, 0.25) is 5.91 Å². The predicted octanol–water partition coefficient (Wildman–Crippen LogP) is 2.10. The van der Waals surface area contributed by atoms with Crippen molar-refractivity contribution in [3.8, 4) is 5.75 Å². The average Bonchev–Trinajstić information content (AvgIpc) is 3.05. The van der Waals surface area contributed by atoms with Gasteiger partial charge in [-0.2, -0.15) is 0 Å². The molecule has 0 aliphatic rings. The lowest BCUT2D eigenvalue weighted by atomic mass is 10.2. The minimum Gasteiger partial charge on any atom is -0.497 e. The van der Waals surface area contributed by atoms with E-state index in [1.807, 2.05) is 0 Å². The summed E-state index contributed by atoms with van der Waals surface area (Å²) in [6.45, 7) is 1.18. The van der Waals surface area contributed by atoms with E-state index < -0.39 is 0 Å². The molecule has 2 rings (SSSR count). The highest BCUT2D eigenvalue weighted by Gasteiger charge is 2.11. The third-order valence-corrected chi connectivity index (χ3v) is 4.12. The zero-order valence-corrected chi connectivity index (χ0v) is 15.0. The van der Waals surface area contributed by atoms with E-state index in [9.17, 15) is 9.59 Å². The molecular weight excluding hydrogens is 342 g/mol. The molecule has 0 aliphatic heterocycles. The van der Waals surface area contributed by atoms with Crippen molar-refractivity contribution in [1.29, 1.82) is 0 Å². The van der Waals surface area contributed by atoms with Crippen molar-refractivity contribution >= 4 is 28.3 Å². The molecule has 0 saturated carbocycles. The Labute approximate surface area is 150 Å². The molecule has 0 radical (unpaired) electrons. The molecule has 2 aromatic rings. The first-order chi connectivity index (χ1) is 12.1. The number of thiazole rings is 1. The largest absolute Gasteiger partial charge is 0.497 e. The Kier molecular flexibility index (Phi) is 7.36. The molecule has 0 aliphatic carbocycles. The van der Waals surface area contributed by atoms with Crippen molar-refractivity contribution < 1.29 is 19.1 Å². The van der Waals surface area contributed by atoms with Crippen LogP contribution in [0.1, 0.15) is 22.5 Å². The molecule has 134 valence electrons. The fourth-order valence-electron chi connectivity index (χ4n) is 2.03. The molecule has 0 spiro atoms. The van der Waals surface area contributed by atoms with Crippen molar-refractivity contribution in [2.45, 2.75) is 12.8 Å². The fourth-order valence-corrected chi connectivity index (χ4v) is 2.73. The first-order valence-electron chi connectivity index (χ1n) is 7.78. The van der Waals surface area contributed by atoms with Crippen LogP contribution in [0, 0.1) is 0 Å².